The van der Waals surface area contributed by atoms with Crippen molar-refractivity contribution in [1.29, 1.82) is 0 Å². The van der Waals surface area contributed by atoms with Crippen LogP contribution in [0, 0.1) is 5.92 Å². The van der Waals surface area contributed by atoms with Crippen LogP contribution in [-0.4, -0.2) is 39.5 Å². The van der Waals surface area contributed by atoms with Crippen molar-refractivity contribution in [1.82, 2.24) is 19.9 Å². The molecule has 1 saturated carbocycles. The quantitative estimate of drug-likeness (QED) is 0.207. The zero-order valence-corrected chi connectivity index (χ0v) is 22.6. The second-order valence-corrected chi connectivity index (χ2v) is 10.5. The fourth-order valence-corrected chi connectivity index (χ4v) is 5.06. The Morgan fingerprint density at radius 1 is 1.05 bits per heavy atom. The van der Waals surface area contributed by atoms with Gasteiger partial charge in [-0.25, -0.2) is 9.97 Å². The van der Waals surface area contributed by atoms with Gasteiger partial charge in [0, 0.05) is 35.3 Å². The second-order valence-electron chi connectivity index (χ2n) is 10.1. The SMILES string of the molecule is CCCN(Cc1nc(NCCc2ccccc2Cl)c2ccc(-c3ncccc3C(F)(F)F)cc2n1)CC1CC1. The molecule has 5 rings (SSSR count). The summed E-state index contributed by atoms with van der Waals surface area (Å²) < 4.78 is 41.2. The molecule has 0 amide bonds. The van der Waals surface area contributed by atoms with Crippen molar-refractivity contribution in [3.8, 4) is 11.3 Å². The summed E-state index contributed by atoms with van der Waals surface area (Å²) >= 11 is 6.34. The number of aromatic nitrogens is 3. The van der Waals surface area contributed by atoms with E-state index >= 15 is 0 Å². The molecule has 2 heterocycles. The van der Waals surface area contributed by atoms with Crippen LogP contribution in [0.1, 0.15) is 43.1 Å². The highest BCUT2D eigenvalue weighted by Gasteiger charge is 2.34. The molecule has 0 bridgehead atoms. The summed E-state index contributed by atoms with van der Waals surface area (Å²) in [4.78, 5) is 16.1. The molecule has 39 heavy (non-hydrogen) atoms. The fourth-order valence-electron chi connectivity index (χ4n) is 4.83. The predicted molar refractivity (Wildman–Crippen MR) is 150 cm³/mol. The lowest BCUT2D eigenvalue weighted by Crippen LogP contribution is -2.27. The molecular weight excluding hydrogens is 523 g/mol. The van der Waals surface area contributed by atoms with Gasteiger partial charge in [-0.05, 0) is 74.0 Å². The summed E-state index contributed by atoms with van der Waals surface area (Å²) in [6, 6.07) is 15.2. The summed E-state index contributed by atoms with van der Waals surface area (Å²) in [6.07, 6.45) is 1.09. The van der Waals surface area contributed by atoms with Gasteiger partial charge in [0.15, 0.2) is 0 Å². The molecule has 204 valence electrons. The van der Waals surface area contributed by atoms with Crippen molar-refractivity contribution in [2.75, 3.05) is 25.0 Å². The van der Waals surface area contributed by atoms with Gasteiger partial charge >= 0.3 is 6.18 Å². The maximum absolute atomic E-state index is 13.7. The molecule has 0 atom stereocenters. The Kier molecular flexibility index (Phi) is 8.33. The van der Waals surface area contributed by atoms with Crippen LogP contribution in [0.15, 0.2) is 60.8 Å². The van der Waals surface area contributed by atoms with Gasteiger partial charge in [0.1, 0.15) is 11.6 Å². The molecule has 1 aliphatic rings. The van der Waals surface area contributed by atoms with E-state index in [9.17, 15) is 13.2 Å². The number of hydrogen-bond acceptors (Lipinski definition) is 5. The Hall–Kier alpha value is -3.23. The molecular formula is C30H31ClF3N5. The van der Waals surface area contributed by atoms with Gasteiger partial charge in [-0.2, -0.15) is 13.2 Å². The number of rotatable bonds is 11. The van der Waals surface area contributed by atoms with Gasteiger partial charge in [-0.1, -0.05) is 42.8 Å². The van der Waals surface area contributed by atoms with Gasteiger partial charge in [0.25, 0.3) is 0 Å². The third-order valence-electron chi connectivity index (χ3n) is 6.89. The molecule has 0 aliphatic heterocycles. The maximum Gasteiger partial charge on any atom is 0.418 e. The predicted octanol–water partition coefficient (Wildman–Crippen LogP) is 7.64. The molecule has 0 unspecified atom stereocenters. The van der Waals surface area contributed by atoms with Crippen molar-refractivity contribution in [3.63, 3.8) is 0 Å². The van der Waals surface area contributed by atoms with Crippen LogP contribution >= 0.6 is 11.6 Å². The van der Waals surface area contributed by atoms with Crippen molar-refractivity contribution in [2.45, 2.75) is 45.3 Å². The first-order valence-electron chi connectivity index (χ1n) is 13.3. The summed E-state index contributed by atoms with van der Waals surface area (Å²) in [5.41, 5.74) is 1.10. The summed E-state index contributed by atoms with van der Waals surface area (Å²) in [5, 5.41) is 4.89. The highest BCUT2D eigenvalue weighted by Crippen LogP contribution is 2.37. The molecule has 0 saturated heterocycles. The fraction of sp³-hybridized carbons (Fsp3) is 0.367. The minimum absolute atomic E-state index is 0.110. The van der Waals surface area contributed by atoms with E-state index in [4.69, 9.17) is 21.6 Å². The van der Waals surface area contributed by atoms with E-state index in [1.165, 1.54) is 25.1 Å². The van der Waals surface area contributed by atoms with Crippen LogP contribution in [0.5, 0.6) is 0 Å². The van der Waals surface area contributed by atoms with Gasteiger partial charge in [-0.3, -0.25) is 9.88 Å². The standard InChI is InChI=1S/C30H31ClF3N5/c1-2-16-39(18-20-9-10-20)19-27-37-26-17-22(28-24(30(32,33)34)7-5-14-35-28)11-12-23(26)29(38-27)36-15-13-21-6-3-4-8-25(21)31/h3-8,11-12,14,17,20H,2,9-10,13,15-16,18-19H2,1H3,(H,36,37,38). The number of halogens is 4. The summed E-state index contributed by atoms with van der Waals surface area (Å²) in [7, 11) is 0. The maximum atomic E-state index is 13.7. The Labute approximate surface area is 231 Å². The van der Waals surface area contributed by atoms with Crippen molar-refractivity contribution in [3.05, 3.63) is 82.8 Å². The smallest absolute Gasteiger partial charge is 0.369 e. The highest BCUT2D eigenvalue weighted by molar-refractivity contribution is 6.31. The summed E-state index contributed by atoms with van der Waals surface area (Å²) in [6.45, 7) is 5.28. The largest absolute Gasteiger partial charge is 0.418 e. The van der Waals surface area contributed by atoms with Gasteiger partial charge in [0.2, 0.25) is 0 Å². The third-order valence-corrected chi connectivity index (χ3v) is 7.26. The molecule has 2 aromatic carbocycles. The first kappa shape index (κ1) is 27.3. The van der Waals surface area contributed by atoms with Crippen LogP contribution in [0.2, 0.25) is 5.02 Å². The highest BCUT2D eigenvalue weighted by atomic mass is 35.5. The molecule has 5 nitrogen and oxygen atoms in total. The van der Waals surface area contributed by atoms with E-state index in [1.54, 1.807) is 18.2 Å². The Balaban J connectivity index is 1.50. The minimum Gasteiger partial charge on any atom is -0.369 e. The average Bonchev–Trinajstić information content (AvgIpc) is 3.73. The zero-order chi connectivity index (χ0) is 27.4. The first-order valence-corrected chi connectivity index (χ1v) is 13.7. The molecule has 2 aromatic heterocycles. The van der Waals surface area contributed by atoms with Crippen LogP contribution in [0.3, 0.4) is 0 Å². The number of nitrogens with one attached hydrogen (secondary N) is 1. The lowest BCUT2D eigenvalue weighted by atomic mass is 10.0. The van der Waals surface area contributed by atoms with Crippen molar-refractivity contribution in [2.24, 2.45) is 5.92 Å². The number of nitrogens with zero attached hydrogens (tertiary/aromatic N) is 4. The number of anilines is 1. The minimum atomic E-state index is -4.51. The van der Waals surface area contributed by atoms with Crippen LogP contribution in [-0.2, 0) is 19.1 Å². The molecule has 0 radical (unpaired) electrons. The van der Waals surface area contributed by atoms with Crippen LogP contribution in [0.25, 0.3) is 22.2 Å². The van der Waals surface area contributed by atoms with Crippen molar-refractivity contribution < 1.29 is 13.2 Å². The normalized spacial score (nSPS) is 13.8. The van der Waals surface area contributed by atoms with E-state index in [0.29, 0.717) is 47.3 Å². The number of benzene rings is 2. The number of fused-ring (bicyclic) bond motifs is 1. The van der Waals surface area contributed by atoms with E-state index in [1.807, 2.05) is 24.3 Å². The van der Waals surface area contributed by atoms with Crippen LogP contribution in [0.4, 0.5) is 19.0 Å². The second kappa shape index (κ2) is 11.9. The molecule has 1 aliphatic carbocycles. The third kappa shape index (κ3) is 6.86. The lowest BCUT2D eigenvalue weighted by Gasteiger charge is -2.21. The number of alkyl halides is 3. The Morgan fingerprint density at radius 3 is 2.62 bits per heavy atom. The average molecular weight is 554 g/mol. The zero-order valence-electron chi connectivity index (χ0n) is 21.8. The Bertz CT molecular complexity index is 1440. The first-order chi connectivity index (χ1) is 18.8. The Morgan fingerprint density at radius 2 is 1.87 bits per heavy atom. The van der Waals surface area contributed by atoms with Gasteiger partial charge < -0.3 is 5.32 Å². The number of hydrogen-bond donors (Lipinski definition) is 1. The van der Waals surface area contributed by atoms with Crippen molar-refractivity contribution >= 4 is 28.3 Å². The van der Waals surface area contributed by atoms with E-state index in [-0.39, 0.29) is 5.69 Å². The van der Waals surface area contributed by atoms with Gasteiger partial charge in [0.05, 0.1) is 23.3 Å². The van der Waals surface area contributed by atoms with E-state index < -0.39 is 11.7 Å². The van der Waals surface area contributed by atoms with E-state index in [0.717, 1.165) is 42.4 Å². The number of pyridine rings is 1. The lowest BCUT2D eigenvalue weighted by molar-refractivity contribution is -0.137. The topological polar surface area (TPSA) is 53.9 Å². The molecule has 1 N–H and O–H groups in total. The van der Waals surface area contributed by atoms with Gasteiger partial charge in [-0.15, -0.1) is 0 Å². The molecule has 1 fully saturated rings. The molecule has 9 heteroatoms. The van der Waals surface area contributed by atoms with E-state index in [2.05, 4.69) is 22.1 Å². The van der Waals surface area contributed by atoms with Crippen LogP contribution < -0.4 is 5.32 Å². The molecule has 0 spiro atoms. The monoisotopic (exact) mass is 553 g/mol. The summed E-state index contributed by atoms with van der Waals surface area (Å²) in [5.74, 6) is 2.03. The molecule has 4 aromatic rings.